The zero-order valence-electron chi connectivity index (χ0n) is 10.5. The Kier molecular flexibility index (Phi) is 5.58. The Morgan fingerprint density at radius 1 is 1.33 bits per heavy atom. The predicted molar refractivity (Wildman–Crippen MR) is 66.0 cm³/mol. The molecule has 3 heteroatoms. The van der Waals surface area contributed by atoms with Gasteiger partial charge in [0, 0.05) is 24.7 Å². The molecule has 3 atom stereocenters. The van der Waals surface area contributed by atoms with E-state index in [-0.39, 0.29) is 0 Å². The second kappa shape index (κ2) is 6.46. The van der Waals surface area contributed by atoms with E-state index in [0.717, 1.165) is 26.1 Å². The highest BCUT2D eigenvalue weighted by Gasteiger charge is 2.22. The summed E-state index contributed by atoms with van der Waals surface area (Å²) in [5.41, 5.74) is 5.90. The normalized spacial score (nSPS) is 28.6. The molecule has 1 saturated carbocycles. The van der Waals surface area contributed by atoms with Crippen molar-refractivity contribution in [2.24, 2.45) is 5.73 Å². The first-order valence-electron chi connectivity index (χ1n) is 6.39. The van der Waals surface area contributed by atoms with Gasteiger partial charge in [-0.15, -0.1) is 0 Å². The van der Waals surface area contributed by atoms with E-state index in [9.17, 15) is 0 Å². The van der Waals surface area contributed by atoms with Crippen LogP contribution in [0.2, 0.25) is 0 Å². The van der Waals surface area contributed by atoms with Crippen molar-refractivity contribution in [3.05, 3.63) is 0 Å². The zero-order valence-corrected chi connectivity index (χ0v) is 10.5. The summed E-state index contributed by atoms with van der Waals surface area (Å²) in [7, 11) is 0. The molecule has 0 bridgehead atoms. The molecule has 0 aromatic rings. The Hall–Kier alpha value is -0.120. The predicted octanol–water partition coefficient (Wildman–Crippen LogP) is 1.19. The molecule has 0 aromatic carbocycles. The topological polar surface area (TPSA) is 41.3 Å². The maximum Gasteiger partial charge on any atom is 0.0169 e. The largest absolute Gasteiger partial charge is 0.328 e. The highest BCUT2D eigenvalue weighted by molar-refractivity contribution is 4.84. The summed E-state index contributed by atoms with van der Waals surface area (Å²) in [5.74, 6) is 0. The molecule has 0 amide bonds. The maximum atomic E-state index is 5.90. The van der Waals surface area contributed by atoms with Crippen LogP contribution in [-0.2, 0) is 0 Å². The van der Waals surface area contributed by atoms with Gasteiger partial charge in [-0.05, 0) is 39.3 Å². The van der Waals surface area contributed by atoms with Gasteiger partial charge in [0.25, 0.3) is 0 Å². The summed E-state index contributed by atoms with van der Waals surface area (Å²) < 4.78 is 0. The third kappa shape index (κ3) is 4.49. The van der Waals surface area contributed by atoms with Gasteiger partial charge in [0.1, 0.15) is 0 Å². The van der Waals surface area contributed by atoms with Gasteiger partial charge in [0.2, 0.25) is 0 Å². The number of likely N-dealkylation sites (N-methyl/N-ethyl adjacent to an activating group) is 1. The van der Waals surface area contributed by atoms with E-state index >= 15 is 0 Å². The molecular formula is C12H27N3. The van der Waals surface area contributed by atoms with Crippen molar-refractivity contribution in [3.63, 3.8) is 0 Å². The van der Waals surface area contributed by atoms with E-state index in [2.05, 4.69) is 31.0 Å². The Bertz CT molecular complexity index is 168. The Morgan fingerprint density at radius 2 is 2.00 bits per heavy atom. The Labute approximate surface area is 94.4 Å². The molecule has 15 heavy (non-hydrogen) atoms. The minimum absolute atomic E-state index is 0.433. The summed E-state index contributed by atoms with van der Waals surface area (Å²) in [6.45, 7) is 10.2. The Morgan fingerprint density at radius 3 is 2.47 bits per heavy atom. The van der Waals surface area contributed by atoms with Gasteiger partial charge >= 0.3 is 0 Å². The van der Waals surface area contributed by atoms with Crippen LogP contribution < -0.4 is 11.1 Å². The van der Waals surface area contributed by atoms with Gasteiger partial charge in [0.05, 0.1) is 0 Å². The molecule has 1 aliphatic carbocycles. The summed E-state index contributed by atoms with van der Waals surface area (Å²) in [4.78, 5) is 2.46. The third-order valence-electron chi connectivity index (χ3n) is 3.42. The highest BCUT2D eigenvalue weighted by atomic mass is 15.1. The monoisotopic (exact) mass is 213 g/mol. The molecule has 1 fully saturated rings. The number of hydrogen-bond donors (Lipinski definition) is 2. The van der Waals surface area contributed by atoms with Gasteiger partial charge < -0.3 is 16.0 Å². The number of nitrogens with one attached hydrogen (secondary N) is 1. The lowest BCUT2D eigenvalue weighted by atomic mass is 10.2. The summed E-state index contributed by atoms with van der Waals surface area (Å²) in [6.07, 6.45) is 3.60. The van der Waals surface area contributed by atoms with Crippen LogP contribution in [0, 0.1) is 0 Å². The molecule has 0 radical (unpaired) electrons. The van der Waals surface area contributed by atoms with Crippen LogP contribution in [0.3, 0.4) is 0 Å². The van der Waals surface area contributed by atoms with Crippen molar-refractivity contribution < 1.29 is 0 Å². The lowest BCUT2D eigenvalue weighted by Gasteiger charge is -2.26. The van der Waals surface area contributed by atoms with Gasteiger partial charge in [-0.3, -0.25) is 0 Å². The van der Waals surface area contributed by atoms with Crippen molar-refractivity contribution in [2.45, 2.75) is 58.2 Å². The molecular weight excluding hydrogens is 186 g/mol. The van der Waals surface area contributed by atoms with E-state index in [4.69, 9.17) is 5.73 Å². The minimum atomic E-state index is 0.433. The van der Waals surface area contributed by atoms with Crippen LogP contribution in [0.4, 0.5) is 0 Å². The van der Waals surface area contributed by atoms with E-state index in [1.54, 1.807) is 0 Å². The number of rotatable bonds is 6. The van der Waals surface area contributed by atoms with Crippen molar-refractivity contribution >= 4 is 0 Å². The van der Waals surface area contributed by atoms with E-state index < -0.39 is 0 Å². The fourth-order valence-corrected chi connectivity index (χ4v) is 2.49. The van der Waals surface area contributed by atoms with Gasteiger partial charge in [-0.2, -0.15) is 0 Å². The highest BCUT2D eigenvalue weighted by Crippen LogP contribution is 2.17. The first-order chi connectivity index (χ1) is 7.15. The van der Waals surface area contributed by atoms with Crippen LogP contribution >= 0.6 is 0 Å². The standard InChI is InChI=1S/C12H27N3/c1-4-15(5-2)9-10(3)14-12-7-6-11(13)8-12/h10-12,14H,4-9,13H2,1-3H3. The molecule has 1 aliphatic rings. The average Bonchev–Trinajstić information content (AvgIpc) is 2.60. The SMILES string of the molecule is CCN(CC)CC(C)NC1CCC(N)C1. The summed E-state index contributed by atoms with van der Waals surface area (Å²) >= 11 is 0. The number of hydrogen-bond acceptors (Lipinski definition) is 3. The van der Waals surface area contributed by atoms with Crippen molar-refractivity contribution in [1.29, 1.82) is 0 Å². The lowest BCUT2D eigenvalue weighted by Crippen LogP contribution is -2.43. The molecule has 3 unspecified atom stereocenters. The van der Waals surface area contributed by atoms with Crippen molar-refractivity contribution in [2.75, 3.05) is 19.6 Å². The van der Waals surface area contributed by atoms with Gasteiger partial charge in [-0.25, -0.2) is 0 Å². The molecule has 0 aliphatic heterocycles. The smallest absolute Gasteiger partial charge is 0.0169 e. The van der Waals surface area contributed by atoms with Gasteiger partial charge in [0.15, 0.2) is 0 Å². The van der Waals surface area contributed by atoms with E-state index in [1.165, 1.54) is 12.8 Å². The first-order valence-corrected chi connectivity index (χ1v) is 6.39. The summed E-state index contributed by atoms with van der Waals surface area (Å²) in [5, 5.41) is 3.69. The van der Waals surface area contributed by atoms with Gasteiger partial charge in [-0.1, -0.05) is 13.8 Å². The van der Waals surface area contributed by atoms with E-state index in [1.807, 2.05) is 0 Å². The molecule has 0 spiro atoms. The average molecular weight is 213 g/mol. The van der Waals surface area contributed by atoms with Crippen LogP contribution in [0.1, 0.15) is 40.0 Å². The van der Waals surface area contributed by atoms with E-state index in [0.29, 0.717) is 18.1 Å². The maximum absolute atomic E-state index is 5.90. The first kappa shape index (κ1) is 12.9. The molecule has 1 rings (SSSR count). The van der Waals surface area contributed by atoms with Crippen LogP contribution in [0.5, 0.6) is 0 Å². The van der Waals surface area contributed by atoms with Crippen LogP contribution in [0.25, 0.3) is 0 Å². The Balaban J connectivity index is 2.20. The fourth-order valence-electron chi connectivity index (χ4n) is 2.49. The fraction of sp³-hybridized carbons (Fsp3) is 1.00. The second-order valence-electron chi connectivity index (χ2n) is 4.82. The zero-order chi connectivity index (χ0) is 11.3. The quantitative estimate of drug-likeness (QED) is 0.696. The molecule has 90 valence electrons. The number of nitrogens with zero attached hydrogens (tertiary/aromatic N) is 1. The molecule has 0 aromatic heterocycles. The van der Waals surface area contributed by atoms with Crippen LogP contribution in [-0.4, -0.2) is 42.7 Å². The van der Waals surface area contributed by atoms with Crippen LogP contribution in [0.15, 0.2) is 0 Å². The third-order valence-corrected chi connectivity index (χ3v) is 3.42. The lowest BCUT2D eigenvalue weighted by molar-refractivity contribution is 0.261. The molecule has 3 nitrogen and oxygen atoms in total. The second-order valence-corrected chi connectivity index (χ2v) is 4.82. The number of nitrogens with two attached hydrogens (primary N) is 1. The molecule has 0 saturated heterocycles. The van der Waals surface area contributed by atoms with Crippen molar-refractivity contribution in [3.8, 4) is 0 Å². The summed E-state index contributed by atoms with van der Waals surface area (Å²) in [6, 6.07) is 1.67. The minimum Gasteiger partial charge on any atom is -0.328 e. The molecule has 3 N–H and O–H groups in total. The van der Waals surface area contributed by atoms with Crippen molar-refractivity contribution in [1.82, 2.24) is 10.2 Å². The molecule has 0 heterocycles.